The second-order valence-corrected chi connectivity index (χ2v) is 9.98. The first kappa shape index (κ1) is 27.2. The number of imidazole rings is 1. The second-order valence-electron chi connectivity index (χ2n) is 9.98. The van der Waals surface area contributed by atoms with E-state index >= 15 is 0 Å². The van der Waals surface area contributed by atoms with Crippen LogP contribution in [0.4, 0.5) is 17.5 Å². The van der Waals surface area contributed by atoms with Gasteiger partial charge in [-0.2, -0.15) is 9.97 Å². The van der Waals surface area contributed by atoms with Crippen molar-refractivity contribution < 1.29 is 0 Å². The lowest BCUT2D eigenvalue weighted by atomic mass is 9.92. The number of nitrogens with one attached hydrogen (secondary N) is 2. The van der Waals surface area contributed by atoms with E-state index in [0.29, 0.717) is 24.1 Å². The lowest BCUT2D eigenvalue weighted by Crippen LogP contribution is -2.33. The molecular weight excluding hydrogens is 505 g/mol. The van der Waals surface area contributed by atoms with Crippen LogP contribution in [0.3, 0.4) is 0 Å². The van der Waals surface area contributed by atoms with Gasteiger partial charge in [-0.1, -0.05) is 55.3 Å². The first-order valence-corrected chi connectivity index (χ1v) is 12.9. The molecule has 2 aromatic carbocycles. The molecule has 2 saturated carbocycles. The van der Waals surface area contributed by atoms with Crippen LogP contribution in [-0.4, -0.2) is 31.6 Å². The largest absolute Gasteiger partial charge is 0.351 e. The van der Waals surface area contributed by atoms with Crippen molar-refractivity contribution in [2.45, 2.75) is 69.5 Å². The molecule has 0 spiro atoms. The Hall–Kier alpha value is -2.87. The van der Waals surface area contributed by atoms with Crippen molar-refractivity contribution in [1.82, 2.24) is 19.5 Å². The predicted molar refractivity (Wildman–Crippen MR) is 156 cm³/mol. The highest BCUT2D eigenvalue weighted by molar-refractivity contribution is 5.87. The number of halogens is 2. The number of nitrogens with two attached hydrogens (primary N) is 1. The topological polar surface area (TPSA) is 93.7 Å². The molecule has 196 valence electrons. The van der Waals surface area contributed by atoms with Crippen molar-refractivity contribution in [1.29, 1.82) is 0 Å². The lowest BCUT2D eigenvalue weighted by Gasteiger charge is -2.27. The Labute approximate surface area is 230 Å². The number of nitrogens with zero attached hydrogens (tertiary/aromatic N) is 4. The van der Waals surface area contributed by atoms with Crippen LogP contribution < -0.4 is 16.4 Å². The fraction of sp³-hybridized carbons (Fsp3) is 0.393. The van der Waals surface area contributed by atoms with E-state index in [-0.39, 0.29) is 24.8 Å². The molecule has 37 heavy (non-hydrogen) atoms. The maximum absolute atomic E-state index is 6.12. The van der Waals surface area contributed by atoms with Crippen molar-refractivity contribution in [3.63, 3.8) is 0 Å². The summed E-state index contributed by atoms with van der Waals surface area (Å²) in [7, 11) is 0. The summed E-state index contributed by atoms with van der Waals surface area (Å²) in [6, 6.07) is 20.0. The van der Waals surface area contributed by atoms with Crippen molar-refractivity contribution >= 4 is 53.4 Å². The molecule has 0 radical (unpaired) electrons. The Morgan fingerprint density at radius 1 is 0.784 bits per heavy atom. The highest BCUT2D eigenvalue weighted by atomic mass is 35.5. The van der Waals surface area contributed by atoms with Crippen LogP contribution in [-0.2, 0) is 0 Å². The summed E-state index contributed by atoms with van der Waals surface area (Å²) in [5.41, 5.74) is 11.2. The molecule has 2 heterocycles. The van der Waals surface area contributed by atoms with Gasteiger partial charge in [0.2, 0.25) is 5.95 Å². The molecular formula is C28H35Cl2N7. The van der Waals surface area contributed by atoms with Crippen molar-refractivity contribution in [3.05, 3.63) is 60.9 Å². The molecule has 0 atom stereocenters. The quantitative estimate of drug-likeness (QED) is 0.247. The number of fused-ring (bicyclic) bond motifs is 1. The zero-order chi connectivity index (χ0) is 23.6. The lowest BCUT2D eigenvalue weighted by molar-refractivity contribution is 0.410. The maximum atomic E-state index is 6.12. The van der Waals surface area contributed by atoms with E-state index in [0.717, 1.165) is 48.4 Å². The van der Waals surface area contributed by atoms with Gasteiger partial charge in [0, 0.05) is 23.8 Å². The Kier molecular flexibility index (Phi) is 8.90. The Morgan fingerprint density at radius 2 is 1.46 bits per heavy atom. The molecule has 0 bridgehead atoms. The molecule has 2 aliphatic rings. The van der Waals surface area contributed by atoms with Crippen molar-refractivity contribution in [2.24, 2.45) is 5.73 Å². The number of anilines is 3. The average Bonchev–Trinajstić information content (AvgIpc) is 3.57. The van der Waals surface area contributed by atoms with Crippen LogP contribution in [0.25, 0.3) is 22.3 Å². The van der Waals surface area contributed by atoms with Crippen LogP contribution in [0.2, 0.25) is 0 Å². The number of hydrogen-bond acceptors (Lipinski definition) is 6. The van der Waals surface area contributed by atoms with Gasteiger partial charge in [0.25, 0.3) is 0 Å². The minimum Gasteiger partial charge on any atom is -0.351 e. The Morgan fingerprint density at radius 3 is 2.16 bits per heavy atom. The van der Waals surface area contributed by atoms with Crippen LogP contribution in [0.5, 0.6) is 0 Å². The van der Waals surface area contributed by atoms with Crippen LogP contribution in [0, 0.1) is 0 Å². The molecule has 2 fully saturated rings. The molecule has 4 aromatic rings. The molecule has 9 heteroatoms. The minimum atomic E-state index is 0. The summed E-state index contributed by atoms with van der Waals surface area (Å²) < 4.78 is 2.26. The fourth-order valence-electron chi connectivity index (χ4n) is 5.48. The Bertz CT molecular complexity index is 1280. The van der Waals surface area contributed by atoms with Crippen LogP contribution in [0.1, 0.15) is 57.4 Å². The van der Waals surface area contributed by atoms with E-state index in [2.05, 4.69) is 63.7 Å². The van der Waals surface area contributed by atoms with Gasteiger partial charge in [0.05, 0.1) is 6.33 Å². The van der Waals surface area contributed by atoms with Gasteiger partial charge in [0.15, 0.2) is 17.0 Å². The fourth-order valence-corrected chi connectivity index (χ4v) is 5.48. The molecule has 0 saturated heterocycles. The number of rotatable bonds is 6. The van der Waals surface area contributed by atoms with Crippen LogP contribution in [0.15, 0.2) is 60.9 Å². The predicted octanol–water partition coefficient (Wildman–Crippen LogP) is 6.88. The van der Waals surface area contributed by atoms with Gasteiger partial charge in [0.1, 0.15) is 0 Å². The second kappa shape index (κ2) is 12.1. The molecule has 0 unspecified atom stereocenters. The van der Waals surface area contributed by atoms with Gasteiger partial charge in [-0.25, -0.2) is 4.98 Å². The minimum absolute atomic E-state index is 0. The SMILES string of the molecule is Cl.Cl.N[C@H]1CC[C@H](Nc2nc(Nc3ccc(-c4ccccc4)cc3)c3ncn(C4CCCC4)c3n2)CC1. The van der Waals surface area contributed by atoms with Gasteiger partial charge < -0.3 is 20.9 Å². The third kappa shape index (κ3) is 6.00. The summed E-state index contributed by atoms with van der Waals surface area (Å²) in [4.78, 5) is 14.6. The van der Waals surface area contributed by atoms with E-state index < -0.39 is 0 Å². The standard InChI is InChI=1S/C28H33N7.2ClH/c29-21-12-16-23(17-13-21)32-28-33-26(25-27(34-28)35(18-30-25)24-8-4-5-9-24)31-22-14-10-20(11-15-22)19-6-2-1-3-7-19;;/h1-3,6-7,10-11,14-15,18,21,23-24H,4-5,8-9,12-13,16-17,29H2,(H2,31,32,33,34);2*1H/t21-,23-;;. The van der Waals surface area contributed by atoms with E-state index in [1.807, 2.05) is 12.4 Å². The summed E-state index contributed by atoms with van der Waals surface area (Å²) in [6.45, 7) is 0. The third-order valence-electron chi connectivity index (χ3n) is 7.50. The number of aromatic nitrogens is 4. The third-order valence-corrected chi connectivity index (χ3v) is 7.50. The first-order valence-electron chi connectivity index (χ1n) is 12.9. The molecule has 2 aliphatic carbocycles. The summed E-state index contributed by atoms with van der Waals surface area (Å²) in [5, 5.41) is 7.13. The number of benzene rings is 2. The summed E-state index contributed by atoms with van der Waals surface area (Å²) >= 11 is 0. The number of hydrogen-bond donors (Lipinski definition) is 3. The highest BCUT2D eigenvalue weighted by Gasteiger charge is 2.24. The van der Waals surface area contributed by atoms with Gasteiger partial charge in [-0.15, -0.1) is 24.8 Å². The van der Waals surface area contributed by atoms with E-state index in [1.165, 1.54) is 36.8 Å². The average molecular weight is 541 g/mol. The summed E-state index contributed by atoms with van der Waals surface area (Å²) in [5.74, 6) is 1.41. The van der Waals surface area contributed by atoms with Gasteiger partial charge >= 0.3 is 0 Å². The molecule has 4 N–H and O–H groups in total. The zero-order valence-corrected chi connectivity index (χ0v) is 22.5. The van der Waals surface area contributed by atoms with E-state index in [9.17, 15) is 0 Å². The van der Waals surface area contributed by atoms with Gasteiger partial charge in [-0.05, 0) is 61.8 Å². The maximum Gasteiger partial charge on any atom is 0.227 e. The first-order chi connectivity index (χ1) is 17.2. The zero-order valence-electron chi connectivity index (χ0n) is 20.8. The Balaban J connectivity index is 0.00000160. The molecule has 0 amide bonds. The molecule has 7 nitrogen and oxygen atoms in total. The smallest absolute Gasteiger partial charge is 0.227 e. The molecule has 0 aliphatic heterocycles. The van der Waals surface area contributed by atoms with Crippen molar-refractivity contribution in [3.8, 4) is 11.1 Å². The van der Waals surface area contributed by atoms with Crippen LogP contribution >= 0.6 is 24.8 Å². The van der Waals surface area contributed by atoms with Gasteiger partial charge in [-0.3, -0.25) is 0 Å². The molecule has 6 rings (SSSR count). The highest BCUT2D eigenvalue weighted by Crippen LogP contribution is 2.34. The van der Waals surface area contributed by atoms with E-state index in [1.54, 1.807) is 0 Å². The molecule has 2 aromatic heterocycles. The van der Waals surface area contributed by atoms with E-state index in [4.69, 9.17) is 20.7 Å². The normalized spacial score (nSPS) is 19.7. The monoisotopic (exact) mass is 539 g/mol. The summed E-state index contributed by atoms with van der Waals surface area (Å²) in [6.07, 6.45) is 11.0. The van der Waals surface area contributed by atoms with Crippen molar-refractivity contribution in [2.75, 3.05) is 10.6 Å².